The van der Waals surface area contributed by atoms with Crippen molar-refractivity contribution < 1.29 is 23.1 Å². The Balaban J connectivity index is 3.30. The first-order valence-electron chi connectivity index (χ1n) is 4.08. The lowest BCUT2D eigenvalue weighted by atomic mass is 10.0. The van der Waals surface area contributed by atoms with E-state index in [1.807, 2.05) is 0 Å². The van der Waals surface area contributed by atoms with Crippen LogP contribution in [-0.4, -0.2) is 17.3 Å². The summed E-state index contributed by atoms with van der Waals surface area (Å²) < 4.78 is 37.0. The molecule has 0 spiro atoms. The zero-order chi connectivity index (χ0) is 12.5. The molecule has 16 heavy (non-hydrogen) atoms. The number of halogens is 4. The van der Waals surface area contributed by atoms with Gasteiger partial charge < -0.3 is 10.8 Å². The number of hydrogen-bond donors (Lipinski definition) is 2. The lowest BCUT2D eigenvalue weighted by molar-refractivity contribution is -0.149. The molecule has 0 aliphatic rings. The summed E-state index contributed by atoms with van der Waals surface area (Å²) in [5.74, 6) is -1.48. The summed E-state index contributed by atoms with van der Waals surface area (Å²) >= 11 is 5.50. The Labute approximate surface area is 93.6 Å². The van der Waals surface area contributed by atoms with E-state index >= 15 is 0 Å². The van der Waals surface area contributed by atoms with E-state index in [-0.39, 0.29) is 5.02 Å². The molecule has 0 fully saturated rings. The summed E-state index contributed by atoms with van der Waals surface area (Å²) in [6, 6.07) is 0.726. The highest BCUT2D eigenvalue weighted by atomic mass is 35.5. The molecule has 88 valence electrons. The third-order valence-corrected chi connectivity index (χ3v) is 2.17. The molecule has 1 aromatic carbocycles. The number of carboxylic acid groups (broad SMARTS) is 1. The fraction of sp³-hybridized carbons (Fsp3) is 0.222. The Morgan fingerprint density at radius 2 is 2.00 bits per heavy atom. The van der Waals surface area contributed by atoms with Crippen molar-refractivity contribution in [3.63, 3.8) is 0 Å². The minimum absolute atomic E-state index is 0.000278. The van der Waals surface area contributed by atoms with Gasteiger partial charge >= 0.3 is 12.1 Å². The molecule has 0 aliphatic heterocycles. The van der Waals surface area contributed by atoms with E-state index in [0.29, 0.717) is 0 Å². The maximum Gasteiger partial charge on any atom is 0.407 e. The largest absolute Gasteiger partial charge is 0.478 e. The van der Waals surface area contributed by atoms with Crippen molar-refractivity contribution in [2.45, 2.75) is 12.2 Å². The van der Waals surface area contributed by atoms with Crippen molar-refractivity contribution in [3.05, 3.63) is 34.3 Å². The highest BCUT2D eigenvalue weighted by molar-refractivity contribution is 6.30. The fourth-order valence-corrected chi connectivity index (χ4v) is 1.34. The number of alkyl halides is 3. The van der Waals surface area contributed by atoms with Crippen LogP contribution in [0.25, 0.3) is 0 Å². The zero-order valence-electron chi connectivity index (χ0n) is 7.75. The number of benzene rings is 1. The minimum Gasteiger partial charge on any atom is -0.478 e. The second-order valence-electron chi connectivity index (χ2n) is 3.06. The summed E-state index contributed by atoms with van der Waals surface area (Å²) in [6.45, 7) is 0. The van der Waals surface area contributed by atoms with Crippen LogP contribution in [0.2, 0.25) is 5.02 Å². The molecule has 1 atom stereocenters. The van der Waals surface area contributed by atoms with Crippen LogP contribution in [-0.2, 0) is 0 Å². The molecule has 0 unspecified atom stereocenters. The van der Waals surface area contributed by atoms with Crippen LogP contribution in [0, 0.1) is 0 Å². The Kier molecular flexibility index (Phi) is 3.44. The van der Waals surface area contributed by atoms with Gasteiger partial charge in [0, 0.05) is 5.02 Å². The molecule has 3 N–H and O–H groups in total. The minimum atomic E-state index is -4.71. The van der Waals surface area contributed by atoms with Crippen LogP contribution in [0.1, 0.15) is 22.0 Å². The molecular formula is C9H7ClF3NO2. The number of carboxylic acids is 1. The second-order valence-corrected chi connectivity index (χ2v) is 3.49. The zero-order valence-corrected chi connectivity index (χ0v) is 8.51. The molecule has 0 aliphatic carbocycles. The summed E-state index contributed by atoms with van der Waals surface area (Å²) in [4.78, 5) is 10.7. The monoisotopic (exact) mass is 253 g/mol. The number of rotatable bonds is 2. The van der Waals surface area contributed by atoms with Gasteiger partial charge in [0.15, 0.2) is 0 Å². The van der Waals surface area contributed by atoms with E-state index in [9.17, 15) is 18.0 Å². The summed E-state index contributed by atoms with van der Waals surface area (Å²) in [5.41, 5.74) is 3.88. The van der Waals surface area contributed by atoms with Gasteiger partial charge in [-0.2, -0.15) is 13.2 Å². The standard InChI is InChI=1S/C9H7ClF3NO2/c10-4-1-2-5(8(15)16)6(3-4)7(14)9(11,12)13/h1-3,7H,14H2,(H,15,16)/t7-/m1/s1. The van der Waals surface area contributed by atoms with Gasteiger partial charge in [0.25, 0.3) is 0 Å². The number of aromatic carboxylic acids is 1. The first kappa shape index (κ1) is 12.8. The predicted molar refractivity (Wildman–Crippen MR) is 51.4 cm³/mol. The Hall–Kier alpha value is -1.27. The molecule has 1 aromatic rings. The van der Waals surface area contributed by atoms with E-state index in [1.54, 1.807) is 0 Å². The van der Waals surface area contributed by atoms with E-state index in [2.05, 4.69) is 0 Å². The molecule has 0 bridgehead atoms. The molecule has 0 radical (unpaired) electrons. The van der Waals surface area contributed by atoms with Crippen molar-refractivity contribution in [1.82, 2.24) is 0 Å². The third kappa shape index (κ3) is 2.65. The van der Waals surface area contributed by atoms with E-state index in [0.717, 1.165) is 12.1 Å². The highest BCUT2D eigenvalue weighted by Crippen LogP contribution is 2.33. The van der Waals surface area contributed by atoms with Gasteiger partial charge in [0.05, 0.1) is 5.56 Å². The summed E-state index contributed by atoms with van der Waals surface area (Å²) in [7, 11) is 0. The predicted octanol–water partition coefficient (Wildman–Crippen LogP) is 2.60. The SMILES string of the molecule is N[C@H](c1cc(Cl)ccc1C(=O)O)C(F)(F)F. The van der Waals surface area contributed by atoms with Gasteiger partial charge in [-0.05, 0) is 23.8 Å². The average molecular weight is 254 g/mol. The maximum absolute atomic E-state index is 12.3. The van der Waals surface area contributed by atoms with Crippen LogP contribution < -0.4 is 5.73 Å². The molecule has 0 saturated carbocycles. The van der Waals surface area contributed by atoms with Crippen LogP contribution in [0.3, 0.4) is 0 Å². The molecule has 1 rings (SSSR count). The molecule has 0 heterocycles. The van der Waals surface area contributed by atoms with Crippen molar-refractivity contribution in [1.29, 1.82) is 0 Å². The quantitative estimate of drug-likeness (QED) is 0.851. The van der Waals surface area contributed by atoms with Crippen LogP contribution >= 0.6 is 11.6 Å². The fourth-order valence-electron chi connectivity index (χ4n) is 1.16. The smallest absolute Gasteiger partial charge is 0.407 e. The Morgan fingerprint density at radius 3 is 2.44 bits per heavy atom. The van der Waals surface area contributed by atoms with Crippen LogP contribution in [0.5, 0.6) is 0 Å². The van der Waals surface area contributed by atoms with Crippen molar-refractivity contribution >= 4 is 17.6 Å². The van der Waals surface area contributed by atoms with Crippen LogP contribution in [0.4, 0.5) is 13.2 Å². The number of nitrogens with two attached hydrogens (primary N) is 1. The lowest BCUT2D eigenvalue weighted by Crippen LogP contribution is -2.30. The molecule has 3 nitrogen and oxygen atoms in total. The second kappa shape index (κ2) is 4.31. The van der Waals surface area contributed by atoms with Gasteiger partial charge in [0.2, 0.25) is 0 Å². The maximum atomic E-state index is 12.3. The number of hydrogen-bond acceptors (Lipinski definition) is 2. The third-order valence-electron chi connectivity index (χ3n) is 1.93. The van der Waals surface area contributed by atoms with E-state index < -0.39 is 29.3 Å². The Bertz CT molecular complexity index is 420. The van der Waals surface area contributed by atoms with E-state index in [4.69, 9.17) is 22.4 Å². The molecule has 7 heteroatoms. The highest BCUT2D eigenvalue weighted by Gasteiger charge is 2.39. The topological polar surface area (TPSA) is 63.3 Å². The van der Waals surface area contributed by atoms with Crippen molar-refractivity contribution in [3.8, 4) is 0 Å². The number of carbonyl (C=O) groups is 1. The molecule has 0 aromatic heterocycles. The van der Waals surface area contributed by atoms with Crippen LogP contribution in [0.15, 0.2) is 18.2 Å². The van der Waals surface area contributed by atoms with Crippen molar-refractivity contribution in [2.75, 3.05) is 0 Å². The normalized spacial score (nSPS) is 13.6. The molecule has 0 saturated heterocycles. The molecule has 0 amide bonds. The Morgan fingerprint density at radius 1 is 1.44 bits per heavy atom. The lowest BCUT2D eigenvalue weighted by Gasteiger charge is -2.17. The summed E-state index contributed by atoms with van der Waals surface area (Å²) in [5, 5.41) is 8.70. The van der Waals surface area contributed by atoms with Gasteiger partial charge in [0.1, 0.15) is 6.04 Å². The first-order chi connectivity index (χ1) is 7.23. The van der Waals surface area contributed by atoms with Crippen molar-refractivity contribution in [2.24, 2.45) is 5.73 Å². The molecular weight excluding hydrogens is 247 g/mol. The van der Waals surface area contributed by atoms with E-state index in [1.165, 1.54) is 6.07 Å². The average Bonchev–Trinajstić information content (AvgIpc) is 2.14. The van der Waals surface area contributed by atoms with Gasteiger partial charge in [-0.15, -0.1) is 0 Å². The van der Waals surface area contributed by atoms with Gasteiger partial charge in [-0.3, -0.25) is 0 Å². The van der Waals surface area contributed by atoms with Gasteiger partial charge in [-0.25, -0.2) is 4.79 Å². The first-order valence-corrected chi connectivity index (χ1v) is 4.46. The van der Waals surface area contributed by atoms with Gasteiger partial charge in [-0.1, -0.05) is 11.6 Å². The summed E-state index contributed by atoms with van der Waals surface area (Å²) in [6.07, 6.45) is -4.71.